The van der Waals surface area contributed by atoms with E-state index in [9.17, 15) is 4.79 Å². The number of nitrogens with zero attached hydrogens (tertiary/aromatic N) is 3. The maximum absolute atomic E-state index is 12.2. The third kappa shape index (κ3) is 3.83. The summed E-state index contributed by atoms with van der Waals surface area (Å²) in [4.78, 5) is 13.2. The number of hydrogen-bond donors (Lipinski definition) is 0. The molecule has 1 aromatic heterocycles. The molecule has 3 aromatic rings. The van der Waals surface area contributed by atoms with E-state index in [4.69, 9.17) is 4.74 Å². The highest BCUT2D eigenvalue weighted by molar-refractivity contribution is 7.99. The minimum absolute atomic E-state index is 0.252. The Kier molecular flexibility index (Phi) is 5.28. The molecule has 0 N–H and O–H groups in total. The number of esters is 1. The number of benzene rings is 2. The number of carbonyl (C=O) groups excluding carboxylic acids is 1. The highest BCUT2D eigenvalue weighted by Crippen LogP contribution is 2.30. The number of hydrogen-bond acceptors (Lipinski definition) is 5. The summed E-state index contributed by atoms with van der Waals surface area (Å²) in [6, 6.07) is 19.8. The molecule has 0 radical (unpaired) electrons. The minimum atomic E-state index is -0.449. The van der Waals surface area contributed by atoms with Gasteiger partial charge in [0.25, 0.3) is 0 Å². The zero-order valence-corrected chi connectivity index (χ0v) is 14.1. The Balaban J connectivity index is 1.94. The van der Waals surface area contributed by atoms with Crippen molar-refractivity contribution in [3.8, 4) is 0 Å². The normalized spacial score (nSPS) is 10.5. The summed E-state index contributed by atoms with van der Waals surface area (Å²) in [5.74, 6) is -0.449. The lowest BCUT2D eigenvalue weighted by Gasteiger charge is -2.08. The SMILES string of the molecule is CCOC(=O)c1nnn(Cc2ccccc2)c1Sc1ccccc1. The van der Waals surface area contributed by atoms with Gasteiger partial charge in [-0.05, 0) is 24.6 Å². The van der Waals surface area contributed by atoms with Gasteiger partial charge >= 0.3 is 5.97 Å². The van der Waals surface area contributed by atoms with Crippen LogP contribution in [0.25, 0.3) is 0 Å². The molecule has 1 heterocycles. The van der Waals surface area contributed by atoms with Crippen molar-refractivity contribution in [1.29, 1.82) is 0 Å². The van der Waals surface area contributed by atoms with Crippen LogP contribution in [-0.4, -0.2) is 27.6 Å². The molecule has 0 fully saturated rings. The molecule has 0 bridgehead atoms. The van der Waals surface area contributed by atoms with E-state index < -0.39 is 5.97 Å². The Morgan fingerprint density at radius 1 is 1.08 bits per heavy atom. The lowest BCUT2D eigenvalue weighted by Crippen LogP contribution is -2.08. The van der Waals surface area contributed by atoms with E-state index in [-0.39, 0.29) is 5.69 Å². The molecule has 0 saturated heterocycles. The largest absolute Gasteiger partial charge is 0.461 e. The first kappa shape index (κ1) is 16.3. The van der Waals surface area contributed by atoms with Crippen molar-refractivity contribution in [3.05, 3.63) is 71.9 Å². The average Bonchev–Trinajstić information content (AvgIpc) is 2.99. The summed E-state index contributed by atoms with van der Waals surface area (Å²) in [6.07, 6.45) is 0. The van der Waals surface area contributed by atoms with Gasteiger partial charge in [0.2, 0.25) is 5.69 Å². The number of rotatable bonds is 6. The van der Waals surface area contributed by atoms with Crippen LogP contribution >= 0.6 is 11.8 Å². The molecule has 5 nitrogen and oxygen atoms in total. The van der Waals surface area contributed by atoms with Crippen LogP contribution < -0.4 is 0 Å². The van der Waals surface area contributed by atoms with Crippen molar-refractivity contribution in [3.63, 3.8) is 0 Å². The third-order valence-corrected chi connectivity index (χ3v) is 4.40. The minimum Gasteiger partial charge on any atom is -0.461 e. The summed E-state index contributed by atoms with van der Waals surface area (Å²) in [5, 5.41) is 8.88. The van der Waals surface area contributed by atoms with E-state index >= 15 is 0 Å². The molecule has 122 valence electrons. The third-order valence-electron chi connectivity index (χ3n) is 3.29. The number of ether oxygens (including phenoxy) is 1. The first-order chi connectivity index (χ1) is 11.8. The standard InChI is InChI=1S/C18H17N3O2S/c1-2-23-18(22)16-17(24-15-11-7-4-8-12-15)21(20-19-16)13-14-9-5-3-6-10-14/h3-12H,2,13H2,1H3. The van der Waals surface area contributed by atoms with Gasteiger partial charge in [-0.3, -0.25) is 0 Å². The van der Waals surface area contributed by atoms with Gasteiger partial charge in [-0.2, -0.15) is 0 Å². The van der Waals surface area contributed by atoms with Crippen molar-refractivity contribution in [2.75, 3.05) is 6.61 Å². The van der Waals surface area contributed by atoms with Crippen LogP contribution in [0.3, 0.4) is 0 Å². The van der Waals surface area contributed by atoms with Crippen LogP contribution in [0.1, 0.15) is 23.0 Å². The molecule has 0 aliphatic heterocycles. The highest BCUT2D eigenvalue weighted by atomic mass is 32.2. The van der Waals surface area contributed by atoms with Gasteiger partial charge < -0.3 is 4.74 Å². The summed E-state index contributed by atoms with van der Waals surface area (Å²) < 4.78 is 6.84. The van der Waals surface area contributed by atoms with Crippen molar-refractivity contribution < 1.29 is 9.53 Å². The second-order valence-corrected chi connectivity index (χ2v) is 6.08. The topological polar surface area (TPSA) is 57.0 Å². The van der Waals surface area contributed by atoms with Crippen molar-refractivity contribution >= 4 is 17.7 Å². The average molecular weight is 339 g/mol. The second-order valence-electron chi connectivity index (χ2n) is 5.02. The van der Waals surface area contributed by atoms with Crippen LogP contribution in [-0.2, 0) is 11.3 Å². The molecule has 3 rings (SSSR count). The molecule has 0 spiro atoms. The molecule has 0 atom stereocenters. The lowest BCUT2D eigenvalue weighted by molar-refractivity contribution is 0.0515. The van der Waals surface area contributed by atoms with Crippen molar-refractivity contribution in [1.82, 2.24) is 15.0 Å². The van der Waals surface area contributed by atoms with E-state index in [1.54, 1.807) is 11.6 Å². The first-order valence-corrected chi connectivity index (χ1v) is 8.47. The van der Waals surface area contributed by atoms with E-state index in [1.165, 1.54) is 11.8 Å². The van der Waals surface area contributed by atoms with Crippen LogP contribution in [0.5, 0.6) is 0 Å². The van der Waals surface area contributed by atoms with Gasteiger partial charge in [-0.1, -0.05) is 65.5 Å². The molecule has 24 heavy (non-hydrogen) atoms. The van der Waals surface area contributed by atoms with Crippen LogP contribution in [0.2, 0.25) is 0 Å². The Labute approximate surface area is 144 Å². The van der Waals surface area contributed by atoms with Gasteiger partial charge in [0.15, 0.2) is 0 Å². The summed E-state index contributed by atoms with van der Waals surface area (Å²) in [5.41, 5.74) is 1.34. The Bertz CT molecular complexity index is 804. The maximum Gasteiger partial charge on any atom is 0.361 e. The van der Waals surface area contributed by atoms with E-state index in [1.807, 2.05) is 60.7 Å². The van der Waals surface area contributed by atoms with Gasteiger partial charge in [-0.25, -0.2) is 9.48 Å². The lowest BCUT2D eigenvalue weighted by atomic mass is 10.2. The molecular formula is C18H17N3O2S. The van der Waals surface area contributed by atoms with E-state index in [2.05, 4.69) is 10.3 Å². The first-order valence-electron chi connectivity index (χ1n) is 7.65. The van der Waals surface area contributed by atoms with Crippen LogP contribution in [0, 0.1) is 0 Å². The van der Waals surface area contributed by atoms with Gasteiger partial charge in [-0.15, -0.1) is 5.10 Å². The van der Waals surface area contributed by atoms with Crippen molar-refractivity contribution in [2.45, 2.75) is 23.4 Å². The molecule has 2 aromatic carbocycles. The molecule has 6 heteroatoms. The predicted octanol–water partition coefficient (Wildman–Crippen LogP) is 3.65. The Hall–Kier alpha value is -2.60. The van der Waals surface area contributed by atoms with Crippen LogP contribution in [0.4, 0.5) is 0 Å². The van der Waals surface area contributed by atoms with E-state index in [0.29, 0.717) is 18.2 Å². The zero-order chi connectivity index (χ0) is 16.8. The Morgan fingerprint density at radius 3 is 2.42 bits per heavy atom. The zero-order valence-electron chi connectivity index (χ0n) is 13.3. The van der Waals surface area contributed by atoms with Gasteiger partial charge in [0.1, 0.15) is 5.03 Å². The van der Waals surface area contributed by atoms with Gasteiger partial charge in [0.05, 0.1) is 13.2 Å². The monoisotopic (exact) mass is 339 g/mol. The van der Waals surface area contributed by atoms with Crippen LogP contribution in [0.15, 0.2) is 70.6 Å². The highest BCUT2D eigenvalue weighted by Gasteiger charge is 2.22. The molecule has 0 amide bonds. The fourth-order valence-electron chi connectivity index (χ4n) is 2.19. The maximum atomic E-state index is 12.2. The summed E-state index contributed by atoms with van der Waals surface area (Å²) in [7, 11) is 0. The molecule has 0 aliphatic rings. The number of carbonyl (C=O) groups is 1. The molecular weight excluding hydrogens is 322 g/mol. The quantitative estimate of drug-likeness (QED) is 0.642. The number of aromatic nitrogens is 3. The van der Waals surface area contributed by atoms with E-state index in [0.717, 1.165) is 10.5 Å². The summed E-state index contributed by atoms with van der Waals surface area (Å²) in [6.45, 7) is 2.62. The van der Waals surface area contributed by atoms with Crippen molar-refractivity contribution in [2.24, 2.45) is 0 Å². The Morgan fingerprint density at radius 2 is 1.75 bits per heavy atom. The second kappa shape index (κ2) is 7.79. The molecule has 0 saturated carbocycles. The molecule has 0 aliphatic carbocycles. The fraction of sp³-hybridized carbons (Fsp3) is 0.167. The molecule has 0 unspecified atom stereocenters. The smallest absolute Gasteiger partial charge is 0.361 e. The summed E-state index contributed by atoms with van der Waals surface area (Å²) >= 11 is 1.46. The van der Waals surface area contributed by atoms with Gasteiger partial charge in [0, 0.05) is 4.90 Å². The predicted molar refractivity (Wildman–Crippen MR) is 92.1 cm³/mol. The fourth-order valence-corrected chi connectivity index (χ4v) is 3.14.